The number of carbonyl (C=O) groups excluding carboxylic acids is 1. The van der Waals surface area contributed by atoms with Gasteiger partial charge in [-0.25, -0.2) is 9.59 Å². The molecule has 0 aliphatic carbocycles. The molecule has 1 aromatic rings. The third-order valence-electron chi connectivity index (χ3n) is 3.96. The minimum atomic E-state index is -1.76. The molecule has 2 saturated heterocycles. The van der Waals surface area contributed by atoms with Gasteiger partial charge >= 0.3 is 11.7 Å². The van der Waals surface area contributed by atoms with Crippen LogP contribution in [0.2, 0.25) is 0 Å². The highest BCUT2D eigenvalue weighted by atomic mass is 16.6. The number of hydrogen-bond acceptors (Lipinski definition) is 8. The molecule has 3 heterocycles. The summed E-state index contributed by atoms with van der Waals surface area (Å²) in [6.45, 7) is 0. The Morgan fingerprint density at radius 3 is 2.39 bits per heavy atom. The molecule has 7 unspecified atom stereocenters. The third-order valence-corrected chi connectivity index (χ3v) is 3.96. The molecule has 2 aliphatic rings. The molecule has 2 fully saturated rings. The number of hydrogen-bond donors (Lipinski definition) is 5. The highest BCUT2D eigenvalue weighted by Crippen LogP contribution is 2.37. The number of carboxylic acids is 1. The first-order chi connectivity index (χ1) is 10.8. The van der Waals surface area contributed by atoms with E-state index in [2.05, 4.69) is 4.98 Å². The van der Waals surface area contributed by atoms with Crippen LogP contribution in [0.4, 0.5) is 0 Å². The lowest BCUT2D eigenvalue weighted by atomic mass is 9.94. The molecule has 0 saturated carbocycles. The van der Waals surface area contributed by atoms with Crippen LogP contribution in [-0.2, 0) is 14.3 Å². The number of carboxylic acid groups (broad SMARTS) is 1. The summed E-state index contributed by atoms with van der Waals surface area (Å²) in [4.78, 5) is 35.7. The zero-order valence-electron chi connectivity index (χ0n) is 11.5. The fraction of sp³-hybridized carbons (Fsp3) is 0.583. The molecule has 11 heteroatoms. The van der Waals surface area contributed by atoms with Gasteiger partial charge in [0.25, 0.3) is 0 Å². The van der Waals surface area contributed by atoms with E-state index in [1.165, 1.54) is 0 Å². The Morgan fingerprint density at radius 1 is 1.17 bits per heavy atom. The van der Waals surface area contributed by atoms with E-state index in [0.717, 1.165) is 10.8 Å². The summed E-state index contributed by atoms with van der Waals surface area (Å²) >= 11 is 0. The number of fused-ring (bicyclic) bond motifs is 1. The smallest absolute Gasteiger partial charge is 0.335 e. The van der Waals surface area contributed by atoms with E-state index in [4.69, 9.17) is 14.6 Å². The summed E-state index contributed by atoms with van der Waals surface area (Å²) in [5.41, 5.74) is -0.787. The minimum Gasteiger partial charge on any atom is -0.479 e. The molecule has 11 nitrogen and oxygen atoms in total. The molecular weight excluding hydrogens is 316 g/mol. The number of aromatic amines is 1. The average molecular weight is 330 g/mol. The molecule has 0 amide bonds. The second kappa shape index (κ2) is 5.54. The largest absolute Gasteiger partial charge is 0.479 e. The lowest BCUT2D eigenvalue weighted by Gasteiger charge is -2.37. The molecule has 23 heavy (non-hydrogen) atoms. The summed E-state index contributed by atoms with van der Waals surface area (Å²) < 4.78 is 11.4. The van der Waals surface area contributed by atoms with Crippen LogP contribution in [0.3, 0.4) is 0 Å². The summed E-state index contributed by atoms with van der Waals surface area (Å²) in [6.07, 6.45) is -8.92. The highest BCUT2D eigenvalue weighted by Gasteiger charge is 2.57. The predicted molar refractivity (Wildman–Crippen MR) is 68.7 cm³/mol. The quantitative estimate of drug-likeness (QED) is 0.358. The van der Waals surface area contributed by atoms with Gasteiger partial charge in [-0.3, -0.25) is 9.36 Å². The first-order valence-electron chi connectivity index (χ1n) is 6.69. The van der Waals surface area contributed by atoms with Crippen molar-refractivity contribution in [2.75, 3.05) is 0 Å². The van der Waals surface area contributed by atoms with Crippen molar-refractivity contribution in [1.29, 1.82) is 0 Å². The lowest BCUT2D eigenvalue weighted by molar-refractivity contribution is -0.224. The van der Waals surface area contributed by atoms with Gasteiger partial charge in [0, 0.05) is 6.20 Å². The Morgan fingerprint density at radius 2 is 1.83 bits per heavy atom. The number of rotatable bonds is 3. The summed E-state index contributed by atoms with van der Waals surface area (Å²) in [6, 6.07) is 0. The summed E-state index contributed by atoms with van der Waals surface area (Å²) in [5, 5.41) is 39.0. The van der Waals surface area contributed by atoms with E-state index < -0.39 is 54.5 Å². The van der Waals surface area contributed by atoms with Crippen LogP contribution in [0.25, 0.3) is 0 Å². The van der Waals surface area contributed by atoms with Crippen molar-refractivity contribution in [3.8, 4) is 0 Å². The molecule has 0 bridgehead atoms. The van der Waals surface area contributed by atoms with Crippen molar-refractivity contribution in [1.82, 2.24) is 9.55 Å². The van der Waals surface area contributed by atoms with Gasteiger partial charge in [-0.15, -0.1) is 0 Å². The number of aromatic nitrogens is 2. The van der Waals surface area contributed by atoms with E-state index in [0.29, 0.717) is 6.29 Å². The first-order valence-corrected chi connectivity index (χ1v) is 6.69. The second-order valence-corrected chi connectivity index (χ2v) is 5.36. The molecule has 0 aromatic carbocycles. The standard InChI is InChI=1S/C12H14N2O9/c15-2-3-1-14(12(21)13-3)10-6(18)8-7(23-10)4(16)5(17)9(22-8)11(19)20/h1-2,4-10,16-18H,(H,13,21)(H,19,20). The molecule has 7 atom stereocenters. The van der Waals surface area contributed by atoms with Crippen molar-refractivity contribution in [2.24, 2.45) is 0 Å². The maximum Gasteiger partial charge on any atom is 0.335 e. The maximum atomic E-state index is 11.8. The van der Waals surface area contributed by atoms with Crippen molar-refractivity contribution in [3.63, 3.8) is 0 Å². The van der Waals surface area contributed by atoms with Gasteiger partial charge in [-0.2, -0.15) is 0 Å². The topological polar surface area (TPSA) is 171 Å². The van der Waals surface area contributed by atoms with E-state index in [1.54, 1.807) is 0 Å². The van der Waals surface area contributed by atoms with Gasteiger partial charge in [0.15, 0.2) is 18.6 Å². The number of H-pyrrole nitrogens is 1. The number of imidazole rings is 1. The number of ether oxygens (including phenoxy) is 2. The Hall–Kier alpha value is -2.05. The molecule has 0 spiro atoms. The van der Waals surface area contributed by atoms with Gasteiger partial charge in [-0.1, -0.05) is 0 Å². The van der Waals surface area contributed by atoms with E-state index in [9.17, 15) is 29.7 Å². The number of carbonyl (C=O) groups is 2. The van der Waals surface area contributed by atoms with Crippen LogP contribution in [0, 0.1) is 0 Å². The Balaban J connectivity index is 1.91. The molecule has 126 valence electrons. The van der Waals surface area contributed by atoms with Gasteiger partial charge in [-0.05, 0) is 0 Å². The SMILES string of the molecule is O=Cc1cn(C2OC3C(O)C(O)C(C(=O)O)OC3C2O)c(=O)[nH]1. The molecule has 1 aromatic heterocycles. The number of aliphatic hydroxyl groups excluding tert-OH is 3. The number of aliphatic hydroxyl groups is 3. The highest BCUT2D eigenvalue weighted by molar-refractivity contribution is 5.73. The minimum absolute atomic E-state index is 0.0504. The predicted octanol–water partition coefficient (Wildman–Crippen LogP) is -3.18. The number of nitrogens with zero attached hydrogens (tertiary/aromatic N) is 1. The number of nitrogens with one attached hydrogen (secondary N) is 1. The first kappa shape index (κ1) is 15.8. The molecular formula is C12H14N2O9. The summed E-state index contributed by atoms with van der Waals surface area (Å²) in [7, 11) is 0. The fourth-order valence-corrected chi connectivity index (χ4v) is 2.84. The van der Waals surface area contributed by atoms with Crippen molar-refractivity contribution in [3.05, 3.63) is 22.4 Å². The molecule has 0 radical (unpaired) electrons. The van der Waals surface area contributed by atoms with Gasteiger partial charge < -0.3 is 34.9 Å². The van der Waals surface area contributed by atoms with Crippen molar-refractivity contribution < 1.29 is 39.5 Å². The normalized spacial score (nSPS) is 39.9. The van der Waals surface area contributed by atoms with Crippen LogP contribution < -0.4 is 5.69 Å². The second-order valence-electron chi connectivity index (χ2n) is 5.36. The number of aldehydes is 1. The zero-order valence-corrected chi connectivity index (χ0v) is 11.5. The van der Waals surface area contributed by atoms with Crippen molar-refractivity contribution >= 4 is 12.3 Å². The maximum absolute atomic E-state index is 11.8. The van der Waals surface area contributed by atoms with E-state index >= 15 is 0 Å². The van der Waals surface area contributed by atoms with Crippen LogP contribution in [0.15, 0.2) is 11.0 Å². The molecule has 2 aliphatic heterocycles. The zero-order chi connectivity index (χ0) is 16.9. The van der Waals surface area contributed by atoms with Crippen LogP contribution in [0.5, 0.6) is 0 Å². The molecule has 5 N–H and O–H groups in total. The monoisotopic (exact) mass is 330 g/mol. The Labute approximate surface area is 127 Å². The van der Waals surface area contributed by atoms with Crippen LogP contribution in [-0.4, -0.2) is 78.9 Å². The fourth-order valence-electron chi connectivity index (χ4n) is 2.84. The Bertz CT molecular complexity index is 682. The third kappa shape index (κ3) is 2.38. The average Bonchev–Trinajstić information content (AvgIpc) is 3.03. The van der Waals surface area contributed by atoms with Crippen molar-refractivity contribution in [2.45, 2.75) is 42.9 Å². The van der Waals surface area contributed by atoms with Crippen LogP contribution >= 0.6 is 0 Å². The summed E-state index contributed by atoms with van der Waals surface area (Å²) in [5.74, 6) is -1.51. The van der Waals surface area contributed by atoms with Gasteiger partial charge in [0.2, 0.25) is 0 Å². The molecule has 3 rings (SSSR count). The van der Waals surface area contributed by atoms with E-state index in [-0.39, 0.29) is 5.69 Å². The lowest BCUT2D eigenvalue weighted by Crippen LogP contribution is -2.60. The van der Waals surface area contributed by atoms with E-state index in [1.807, 2.05) is 0 Å². The number of aliphatic carboxylic acids is 1. The Kier molecular flexibility index (Phi) is 3.82. The van der Waals surface area contributed by atoms with Crippen LogP contribution in [0.1, 0.15) is 16.7 Å². The van der Waals surface area contributed by atoms with Gasteiger partial charge in [0.1, 0.15) is 30.5 Å². The van der Waals surface area contributed by atoms with Gasteiger partial charge in [0.05, 0.1) is 5.69 Å².